The van der Waals surface area contributed by atoms with Gasteiger partial charge in [0.05, 0.1) is 18.1 Å². The van der Waals surface area contributed by atoms with E-state index in [1.54, 1.807) is 11.1 Å². The molecule has 1 aromatic rings. The molecule has 0 spiro atoms. The van der Waals surface area contributed by atoms with Gasteiger partial charge in [0.1, 0.15) is 5.83 Å². The van der Waals surface area contributed by atoms with Crippen LogP contribution in [0.5, 0.6) is 0 Å². The molecular formula is C20H22F2N4O4. The molecule has 1 saturated heterocycles. The summed E-state index contributed by atoms with van der Waals surface area (Å²) in [5, 5.41) is 14.4. The van der Waals surface area contributed by atoms with Crippen molar-refractivity contribution in [2.45, 2.75) is 32.2 Å². The number of nitrogens with zero attached hydrogens (tertiary/aromatic N) is 4. The lowest BCUT2D eigenvalue weighted by atomic mass is 9.94. The summed E-state index contributed by atoms with van der Waals surface area (Å²) in [4.78, 5) is 29.6. The zero-order chi connectivity index (χ0) is 21.8. The van der Waals surface area contributed by atoms with Crippen molar-refractivity contribution in [3.8, 4) is 0 Å². The van der Waals surface area contributed by atoms with Crippen molar-refractivity contribution in [3.63, 3.8) is 0 Å². The highest BCUT2D eigenvalue weighted by molar-refractivity contribution is 5.84. The van der Waals surface area contributed by atoms with Gasteiger partial charge in [0.15, 0.2) is 0 Å². The number of piperidine rings is 1. The average Bonchev–Trinajstić information content (AvgIpc) is 3.36. The van der Waals surface area contributed by atoms with Crippen molar-refractivity contribution in [1.82, 2.24) is 9.99 Å². The maximum atomic E-state index is 13.8. The number of amides is 1. The van der Waals surface area contributed by atoms with Gasteiger partial charge in [0, 0.05) is 37.7 Å². The SMILES string of the molecule is C=C(/C=C(F)\C=C(/C)F)[C@@H]1CC=NN1C(=O)C1CCN(c2ncc(C(=O)O)o2)CC1. The Bertz CT molecular complexity index is 925. The van der Waals surface area contributed by atoms with Crippen molar-refractivity contribution in [2.24, 2.45) is 11.0 Å². The minimum Gasteiger partial charge on any atom is -0.475 e. The van der Waals surface area contributed by atoms with Gasteiger partial charge in [-0.3, -0.25) is 4.79 Å². The first-order chi connectivity index (χ1) is 14.3. The quantitative estimate of drug-likeness (QED) is 0.708. The van der Waals surface area contributed by atoms with Gasteiger partial charge in [0.2, 0.25) is 11.7 Å². The minimum atomic E-state index is -1.19. The number of hydrogen-bond donors (Lipinski definition) is 1. The second kappa shape index (κ2) is 9.02. The van der Waals surface area contributed by atoms with Gasteiger partial charge >= 0.3 is 5.97 Å². The second-order valence-electron chi connectivity index (χ2n) is 7.14. The number of carbonyl (C=O) groups is 2. The molecule has 30 heavy (non-hydrogen) atoms. The number of rotatable bonds is 6. The Kier molecular flexibility index (Phi) is 6.43. The second-order valence-corrected chi connectivity index (χ2v) is 7.14. The fourth-order valence-electron chi connectivity index (χ4n) is 3.45. The first-order valence-electron chi connectivity index (χ1n) is 9.45. The highest BCUT2D eigenvalue weighted by Gasteiger charge is 2.35. The van der Waals surface area contributed by atoms with Crippen LogP contribution in [0.25, 0.3) is 0 Å². The molecule has 2 aliphatic heterocycles. The maximum Gasteiger partial charge on any atom is 0.373 e. The molecule has 0 aromatic carbocycles. The van der Waals surface area contributed by atoms with Gasteiger partial charge in [-0.05, 0) is 31.4 Å². The number of halogens is 2. The zero-order valence-electron chi connectivity index (χ0n) is 16.4. The van der Waals surface area contributed by atoms with Crippen LogP contribution in [0.1, 0.15) is 36.7 Å². The molecule has 10 heteroatoms. The lowest BCUT2D eigenvalue weighted by Gasteiger charge is -2.33. The molecule has 2 aliphatic rings. The maximum absolute atomic E-state index is 13.8. The third kappa shape index (κ3) is 4.81. The summed E-state index contributed by atoms with van der Waals surface area (Å²) >= 11 is 0. The predicted octanol–water partition coefficient (Wildman–Crippen LogP) is 3.46. The Hall–Kier alpha value is -3.30. The first-order valence-corrected chi connectivity index (χ1v) is 9.45. The molecule has 1 N–H and O–H groups in total. The Labute approximate surface area is 171 Å². The average molecular weight is 420 g/mol. The molecular weight excluding hydrogens is 398 g/mol. The highest BCUT2D eigenvalue weighted by Crippen LogP contribution is 2.28. The van der Waals surface area contributed by atoms with Crippen LogP contribution >= 0.6 is 0 Å². The zero-order valence-corrected chi connectivity index (χ0v) is 16.4. The van der Waals surface area contributed by atoms with Crippen molar-refractivity contribution in [1.29, 1.82) is 0 Å². The first kappa shape index (κ1) is 21.4. The number of carboxylic acids is 1. The largest absolute Gasteiger partial charge is 0.475 e. The Morgan fingerprint density at radius 2 is 2.00 bits per heavy atom. The van der Waals surface area contributed by atoms with E-state index in [2.05, 4.69) is 16.7 Å². The molecule has 8 nitrogen and oxygen atoms in total. The van der Waals surface area contributed by atoms with E-state index in [1.807, 2.05) is 0 Å². The van der Waals surface area contributed by atoms with E-state index in [0.717, 1.165) is 25.3 Å². The van der Waals surface area contributed by atoms with Gasteiger partial charge < -0.3 is 14.4 Å². The fraction of sp³-hybridized carbons (Fsp3) is 0.400. The van der Waals surface area contributed by atoms with E-state index in [-0.39, 0.29) is 23.6 Å². The number of carbonyl (C=O) groups excluding carboxylic acids is 1. The van der Waals surface area contributed by atoms with E-state index in [0.29, 0.717) is 37.9 Å². The predicted molar refractivity (Wildman–Crippen MR) is 105 cm³/mol. The topological polar surface area (TPSA) is 99.2 Å². The summed E-state index contributed by atoms with van der Waals surface area (Å²) < 4.78 is 31.8. The Morgan fingerprint density at radius 1 is 1.30 bits per heavy atom. The van der Waals surface area contributed by atoms with Crippen molar-refractivity contribution in [3.05, 3.63) is 47.9 Å². The third-order valence-electron chi connectivity index (χ3n) is 4.96. The summed E-state index contributed by atoms with van der Waals surface area (Å²) in [5.41, 5.74) is 0.328. The number of hydrogen-bond acceptors (Lipinski definition) is 6. The number of allylic oxidation sites excluding steroid dienone is 3. The summed E-state index contributed by atoms with van der Waals surface area (Å²) in [7, 11) is 0. The van der Waals surface area contributed by atoms with E-state index in [9.17, 15) is 18.4 Å². The number of oxazole rings is 1. The van der Waals surface area contributed by atoms with Gasteiger partial charge in [-0.15, -0.1) is 0 Å². The van der Waals surface area contributed by atoms with Crippen LogP contribution in [0.2, 0.25) is 0 Å². The highest BCUT2D eigenvalue weighted by atomic mass is 19.1. The molecule has 160 valence electrons. The van der Waals surface area contributed by atoms with Crippen LogP contribution in [-0.4, -0.2) is 52.3 Å². The number of anilines is 1. The van der Waals surface area contributed by atoms with E-state index >= 15 is 0 Å². The van der Waals surface area contributed by atoms with E-state index in [4.69, 9.17) is 9.52 Å². The molecule has 0 aliphatic carbocycles. The fourth-order valence-corrected chi connectivity index (χ4v) is 3.45. The molecule has 0 bridgehead atoms. The smallest absolute Gasteiger partial charge is 0.373 e. The van der Waals surface area contributed by atoms with E-state index < -0.39 is 23.7 Å². The summed E-state index contributed by atoms with van der Waals surface area (Å²) in [6, 6.07) is -0.306. The number of hydrazone groups is 1. The molecule has 1 aromatic heterocycles. The van der Waals surface area contributed by atoms with Crippen LogP contribution in [-0.2, 0) is 4.79 Å². The lowest BCUT2D eigenvalue weighted by Crippen LogP contribution is -2.43. The number of aromatic carboxylic acids is 1. The van der Waals surface area contributed by atoms with Crippen LogP contribution in [0.4, 0.5) is 14.8 Å². The normalized spacial score (nSPS) is 20.7. The molecule has 1 fully saturated rings. The van der Waals surface area contributed by atoms with Gasteiger partial charge in [-0.2, -0.15) is 5.10 Å². The summed E-state index contributed by atoms with van der Waals surface area (Å²) in [5.74, 6) is -3.38. The van der Waals surface area contributed by atoms with Crippen molar-refractivity contribution < 1.29 is 27.9 Å². The van der Waals surface area contributed by atoms with Crippen LogP contribution in [0.15, 0.2) is 51.7 Å². The minimum absolute atomic E-state index is 0.195. The number of carboxylic acid groups (broad SMARTS) is 1. The monoisotopic (exact) mass is 420 g/mol. The third-order valence-corrected chi connectivity index (χ3v) is 4.96. The van der Waals surface area contributed by atoms with Gasteiger partial charge in [0.25, 0.3) is 6.01 Å². The summed E-state index contributed by atoms with van der Waals surface area (Å²) in [6.07, 6.45) is 5.99. The standard InChI is InChI=1S/C20H22F2N4O4/c1-12(9-15(22)10-13(2)21)16-3-6-24-26(16)18(27)14-4-7-25(8-5-14)20-23-11-17(30-20)19(28)29/h6,9-11,14,16H,1,3-5,7-8H2,2H3,(H,28,29)/b13-10+,15-9+/t16-/m0/s1. The molecule has 1 amide bonds. The van der Waals surface area contributed by atoms with Crippen LogP contribution in [0.3, 0.4) is 0 Å². The molecule has 0 radical (unpaired) electrons. The Balaban J connectivity index is 1.61. The van der Waals surface area contributed by atoms with Gasteiger partial charge in [-0.1, -0.05) is 6.58 Å². The number of aromatic nitrogens is 1. The van der Waals surface area contributed by atoms with Crippen LogP contribution in [0, 0.1) is 5.92 Å². The van der Waals surface area contributed by atoms with E-state index in [1.165, 1.54) is 5.01 Å². The van der Waals surface area contributed by atoms with Crippen LogP contribution < -0.4 is 4.90 Å². The molecule has 0 unspecified atom stereocenters. The molecule has 3 heterocycles. The Morgan fingerprint density at radius 3 is 2.60 bits per heavy atom. The lowest BCUT2D eigenvalue weighted by molar-refractivity contribution is -0.137. The molecule has 1 atom stereocenters. The molecule has 3 rings (SSSR count). The summed E-state index contributed by atoms with van der Waals surface area (Å²) in [6.45, 7) is 5.88. The van der Waals surface area contributed by atoms with Gasteiger partial charge in [-0.25, -0.2) is 23.6 Å². The van der Waals surface area contributed by atoms with Crippen molar-refractivity contribution >= 4 is 24.1 Å². The van der Waals surface area contributed by atoms with Crippen molar-refractivity contribution in [2.75, 3.05) is 18.0 Å². The molecule has 0 saturated carbocycles.